The molecule has 20 heavy (non-hydrogen) atoms. The fourth-order valence-electron chi connectivity index (χ4n) is 2.37. The molecule has 2 rings (SSSR count). The predicted octanol–water partition coefficient (Wildman–Crippen LogP) is 2.71. The molecule has 1 fully saturated rings. The van der Waals surface area contributed by atoms with Crippen LogP contribution in [0.1, 0.15) is 48.7 Å². The molecule has 0 radical (unpaired) electrons. The minimum atomic E-state index is -0.915. The van der Waals surface area contributed by atoms with Crippen molar-refractivity contribution in [3.8, 4) is 0 Å². The molecule has 1 aromatic rings. The number of ether oxygens (including phenoxy) is 1. The van der Waals surface area contributed by atoms with Crippen molar-refractivity contribution in [2.45, 2.75) is 45.1 Å². The lowest BCUT2D eigenvalue weighted by atomic mass is 10.1. The summed E-state index contributed by atoms with van der Waals surface area (Å²) in [6, 6.07) is 3.23. The van der Waals surface area contributed by atoms with Crippen molar-refractivity contribution in [3.63, 3.8) is 0 Å². The van der Waals surface area contributed by atoms with E-state index in [1.54, 1.807) is 12.1 Å². The second-order valence-corrected chi connectivity index (χ2v) is 5.16. The van der Waals surface area contributed by atoms with Gasteiger partial charge in [-0.1, -0.05) is 13.3 Å². The number of aryl methyl sites for hydroxylation is 1. The Labute approximate surface area is 119 Å². The maximum absolute atomic E-state index is 11.1. The molecule has 1 atom stereocenters. The molecule has 1 saturated heterocycles. The van der Waals surface area contributed by atoms with Crippen molar-refractivity contribution in [3.05, 3.63) is 23.4 Å². The summed E-state index contributed by atoms with van der Waals surface area (Å²) in [4.78, 5) is 15.6. The Morgan fingerprint density at radius 3 is 3.00 bits per heavy atom. The van der Waals surface area contributed by atoms with E-state index in [0.717, 1.165) is 38.0 Å². The topological polar surface area (TPSA) is 71.5 Å². The molecule has 0 aliphatic carbocycles. The Bertz CT molecular complexity index is 456. The molecule has 1 aliphatic heterocycles. The van der Waals surface area contributed by atoms with Gasteiger partial charge < -0.3 is 15.2 Å². The van der Waals surface area contributed by atoms with E-state index in [1.165, 1.54) is 6.42 Å². The minimum Gasteiger partial charge on any atom is -0.478 e. The van der Waals surface area contributed by atoms with Gasteiger partial charge in [0.15, 0.2) is 0 Å². The van der Waals surface area contributed by atoms with Gasteiger partial charge in [-0.05, 0) is 37.8 Å². The van der Waals surface area contributed by atoms with Gasteiger partial charge in [0.05, 0.1) is 11.7 Å². The highest BCUT2D eigenvalue weighted by atomic mass is 16.5. The van der Waals surface area contributed by atoms with E-state index in [-0.39, 0.29) is 11.7 Å². The van der Waals surface area contributed by atoms with Crippen LogP contribution in [0.25, 0.3) is 0 Å². The number of carboxylic acids is 1. The number of nitrogens with one attached hydrogen (secondary N) is 1. The average molecular weight is 278 g/mol. The number of aromatic carboxylic acids is 1. The number of nitrogens with zero attached hydrogens (tertiary/aromatic N) is 1. The predicted molar refractivity (Wildman–Crippen MR) is 77.3 cm³/mol. The van der Waals surface area contributed by atoms with E-state index in [9.17, 15) is 4.79 Å². The highest BCUT2D eigenvalue weighted by Gasteiger charge is 2.14. The third-order valence-corrected chi connectivity index (χ3v) is 3.42. The van der Waals surface area contributed by atoms with Gasteiger partial charge in [-0.25, -0.2) is 9.78 Å². The van der Waals surface area contributed by atoms with Crippen molar-refractivity contribution in [2.24, 2.45) is 0 Å². The van der Waals surface area contributed by atoms with Crippen molar-refractivity contribution >= 4 is 11.8 Å². The van der Waals surface area contributed by atoms with Crippen molar-refractivity contribution in [1.29, 1.82) is 0 Å². The molecule has 1 aliphatic rings. The molecule has 110 valence electrons. The molecule has 5 heteroatoms. The van der Waals surface area contributed by atoms with Gasteiger partial charge in [0, 0.05) is 18.8 Å². The summed E-state index contributed by atoms with van der Waals surface area (Å²) in [5, 5.41) is 12.3. The Hall–Kier alpha value is -1.62. The maximum Gasteiger partial charge on any atom is 0.335 e. The van der Waals surface area contributed by atoms with Crippen LogP contribution in [0.3, 0.4) is 0 Å². The van der Waals surface area contributed by atoms with Gasteiger partial charge in [0.25, 0.3) is 0 Å². The molecular weight excluding hydrogens is 256 g/mol. The Kier molecular flexibility index (Phi) is 5.35. The monoisotopic (exact) mass is 278 g/mol. The van der Waals surface area contributed by atoms with Crippen molar-refractivity contribution < 1.29 is 14.6 Å². The number of hydrogen-bond acceptors (Lipinski definition) is 4. The van der Waals surface area contributed by atoms with E-state index in [1.807, 2.05) is 0 Å². The number of pyridine rings is 1. The summed E-state index contributed by atoms with van der Waals surface area (Å²) in [7, 11) is 0. The molecule has 5 nitrogen and oxygen atoms in total. The van der Waals surface area contributed by atoms with Crippen LogP contribution in [0.15, 0.2) is 12.1 Å². The van der Waals surface area contributed by atoms with E-state index in [0.29, 0.717) is 12.4 Å². The van der Waals surface area contributed by atoms with Crippen LogP contribution in [-0.2, 0) is 11.2 Å². The molecule has 0 amide bonds. The van der Waals surface area contributed by atoms with Gasteiger partial charge >= 0.3 is 5.97 Å². The number of carbonyl (C=O) groups is 1. The van der Waals surface area contributed by atoms with Crippen LogP contribution in [0.5, 0.6) is 0 Å². The molecule has 0 saturated carbocycles. The first-order valence-corrected chi connectivity index (χ1v) is 7.28. The summed E-state index contributed by atoms with van der Waals surface area (Å²) < 4.78 is 5.65. The number of rotatable bonds is 6. The van der Waals surface area contributed by atoms with Gasteiger partial charge in [0.2, 0.25) is 0 Å². The number of aromatic nitrogens is 1. The van der Waals surface area contributed by atoms with Crippen LogP contribution >= 0.6 is 0 Å². The minimum absolute atomic E-state index is 0.202. The van der Waals surface area contributed by atoms with Crippen LogP contribution < -0.4 is 5.32 Å². The highest BCUT2D eigenvalue weighted by molar-refractivity contribution is 5.88. The lowest BCUT2D eigenvalue weighted by Gasteiger charge is -2.23. The summed E-state index contributed by atoms with van der Waals surface area (Å²) in [5.74, 6) is -0.288. The fourth-order valence-corrected chi connectivity index (χ4v) is 2.37. The Morgan fingerprint density at radius 2 is 2.35 bits per heavy atom. The quantitative estimate of drug-likeness (QED) is 0.837. The summed E-state index contributed by atoms with van der Waals surface area (Å²) >= 11 is 0. The van der Waals surface area contributed by atoms with Crippen LogP contribution in [-0.4, -0.2) is 35.3 Å². The standard InChI is InChI=1S/C15H22N2O3/c1-2-5-12-8-11(15(18)19)9-14(17-12)16-10-13-6-3-4-7-20-13/h8-9,13H,2-7,10H2,1H3,(H,16,17)(H,18,19). The number of carboxylic acid groups (broad SMARTS) is 1. The zero-order valence-corrected chi connectivity index (χ0v) is 11.9. The van der Waals surface area contributed by atoms with Crippen LogP contribution in [0.4, 0.5) is 5.82 Å². The third-order valence-electron chi connectivity index (χ3n) is 3.42. The maximum atomic E-state index is 11.1. The summed E-state index contributed by atoms with van der Waals surface area (Å²) in [6.45, 7) is 3.55. The second-order valence-electron chi connectivity index (χ2n) is 5.16. The largest absolute Gasteiger partial charge is 0.478 e. The van der Waals surface area contributed by atoms with E-state index < -0.39 is 5.97 Å². The summed E-state index contributed by atoms with van der Waals surface area (Å²) in [6.07, 6.45) is 5.30. The first-order chi connectivity index (χ1) is 9.69. The molecule has 2 N–H and O–H groups in total. The Morgan fingerprint density at radius 1 is 1.50 bits per heavy atom. The second kappa shape index (κ2) is 7.24. The highest BCUT2D eigenvalue weighted by Crippen LogP contribution is 2.16. The Balaban J connectivity index is 2.03. The molecule has 0 spiro atoms. The van der Waals surface area contributed by atoms with Crippen LogP contribution in [0, 0.1) is 0 Å². The molecule has 1 aromatic heterocycles. The van der Waals surface area contributed by atoms with Crippen molar-refractivity contribution in [2.75, 3.05) is 18.5 Å². The first-order valence-electron chi connectivity index (χ1n) is 7.28. The number of anilines is 1. The summed E-state index contributed by atoms with van der Waals surface area (Å²) in [5.41, 5.74) is 1.11. The van der Waals surface area contributed by atoms with Crippen molar-refractivity contribution in [1.82, 2.24) is 4.98 Å². The van der Waals surface area contributed by atoms with E-state index >= 15 is 0 Å². The molecule has 2 heterocycles. The molecule has 0 aromatic carbocycles. The normalized spacial score (nSPS) is 18.8. The zero-order chi connectivity index (χ0) is 14.4. The molecule has 0 bridgehead atoms. The fraction of sp³-hybridized carbons (Fsp3) is 0.600. The average Bonchev–Trinajstić information content (AvgIpc) is 2.46. The van der Waals surface area contributed by atoms with Gasteiger partial charge in [0.1, 0.15) is 5.82 Å². The lowest BCUT2D eigenvalue weighted by molar-refractivity contribution is 0.0247. The van der Waals surface area contributed by atoms with Gasteiger partial charge in [-0.2, -0.15) is 0 Å². The van der Waals surface area contributed by atoms with E-state index in [4.69, 9.17) is 9.84 Å². The SMILES string of the molecule is CCCc1cc(C(=O)O)cc(NCC2CCCCO2)n1. The molecule has 1 unspecified atom stereocenters. The molecular formula is C15H22N2O3. The first kappa shape index (κ1) is 14.8. The zero-order valence-electron chi connectivity index (χ0n) is 11.9. The lowest BCUT2D eigenvalue weighted by Crippen LogP contribution is -2.27. The van der Waals surface area contributed by atoms with E-state index in [2.05, 4.69) is 17.2 Å². The number of hydrogen-bond donors (Lipinski definition) is 2. The van der Waals surface area contributed by atoms with Gasteiger partial charge in [-0.15, -0.1) is 0 Å². The van der Waals surface area contributed by atoms with Crippen LogP contribution in [0.2, 0.25) is 0 Å². The smallest absolute Gasteiger partial charge is 0.335 e. The third kappa shape index (κ3) is 4.20. The van der Waals surface area contributed by atoms with Gasteiger partial charge in [-0.3, -0.25) is 0 Å².